The van der Waals surface area contributed by atoms with E-state index in [9.17, 15) is 9.59 Å². The van der Waals surface area contributed by atoms with Crippen LogP contribution in [0.25, 0.3) is 0 Å². The summed E-state index contributed by atoms with van der Waals surface area (Å²) in [4.78, 5) is 27.2. The van der Waals surface area contributed by atoms with Gasteiger partial charge in [-0.3, -0.25) is 9.59 Å². The van der Waals surface area contributed by atoms with Gasteiger partial charge in [0, 0.05) is 23.4 Å². The Morgan fingerprint density at radius 2 is 1.72 bits per heavy atom. The lowest BCUT2D eigenvalue weighted by atomic mass is 10.1. The van der Waals surface area contributed by atoms with Gasteiger partial charge < -0.3 is 10.2 Å². The van der Waals surface area contributed by atoms with Gasteiger partial charge in [-0.25, -0.2) is 0 Å². The molecule has 2 aromatic carbocycles. The third kappa shape index (κ3) is 7.41. The van der Waals surface area contributed by atoms with Gasteiger partial charge in [0.25, 0.3) is 0 Å². The van der Waals surface area contributed by atoms with Crippen molar-refractivity contribution in [2.45, 2.75) is 52.1 Å². The first-order valence-corrected chi connectivity index (χ1v) is 11.3. The molecule has 1 N–H and O–H groups in total. The Labute approximate surface area is 183 Å². The van der Waals surface area contributed by atoms with E-state index in [2.05, 4.69) is 36.5 Å². The van der Waals surface area contributed by atoms with Crippen LogP contribution in [-0.2, 0) is 21.9 Å². The van der Waals surface area contributed by atoms with E-state index in [1.165, 1.54) is 11.1 Å². The van der Waals surface area contributed by atoms with Crippen LogP contribution in [0.5, 0.6) is 0 Å². The van der Waals surface area contributed by atoms with Gasteiger partial charge in [-0.1, -0.05) is 59.6 Å². The number of halogens is 1. The Kier molecular flexibility index (Phi) is 9.05. The van der Waals surface area contributed by atoms with E-state index in [1.54, 1.807) is 29.7 Å². The van der Waals surface area contributed by atoms with Crippen molar-refractivity contribution in [3.63, 3.8) is 0 Å². The maximum atomic E-state index is 13.0. The lowest BCUT2D eigenvalue weighted by Gasteiger charge is -2.29. The predicted octanol–water partition coefficient (Wildman–Crippen LogP) is 4.82. The van der Waals surface area contributed by atoms with Gasteiger partial charge in [0.2, 0.25) is 11.8 Å². The normalized spacial score (nSPS) is 11.9. The summed E-state index contributed by atoms with van der Waals surface area (Å²) >= 11 is 7.85. The number of hydrogen-bond acceptors (Lipinski definition) is 3. The van der Waals surface area contributed by atoms with E-state index in [-0.39, 0.29) is 17.9 Å². The molecule has 29 heavy (non-hydrogen) atoms. The average molecular weight is 433 g/mol. The van der Waals surface area contributed by atoms with E-state index in [4.69, 9.17) is 11.6 Å². The summed E-state index contributed by atoms with van der Waals surface area (Å²) in [7, 11) is 0. The summed E-state index contributed by atoms with van der Waals surface area (Å²) in [6.45, 7) is 7.93. The molecule has 0 aliphatic carbocycles. The van der Waals surface area contributed by atoms with Crippen LogP contribution in [0.3, 0.4) is 0 Å². The first kappa shape index (κ1) is 23.3. The fourth-order valence-corrected chi connectivity index (χ4v) is 3.89. The van der Waals surface area contributed by atoms with Crippen molar-refractivity contribution in [2.24, 2.45) is 0 Å². The van der Waals surface area contributed by atoms with Gasteiger partial charge >= 0.3 is 0 Å². The molecule has 0 saturated heterocycles. The highest BCUT2D eigenvalue weighted by atomic mass is 35.5. The minimum absolute atomic E-state index is 0.0122. The van der Waals surface area contributed by atoms with Crippen LogP contribution in [-0.4, -0.2) is 34.6 Å². The molecule has 1 atom stereocenters. The summed E-state index contributed by atoms with van der Waals surface area (Å²) in [5.74, 6) is 0.813. The molecule has 0 aliphatic heterocycles. The molecular weight excluding hydrogens is 404 g/mol. The smallest absolute Gasteiger partial charge is 0.242 e. The van der Waals surface area contributed by atoms with Crippen molar-refractivity contribution in [1.29, 1.82) is 0 Å². The minimum atomic E-state index is -0.582. The molecule has 0 heterocycles. The zero-order chi connectivity index (χ0) is 21.4. The Morgan fingerprint density at radius 1 is 1.07 bits per heavy atom. The fourth-order valence-electron chi connectivity index (χ4n) is 2.82. The van der Waals surface area contributed by atoms with Crippen molar-refractivity contribution in [1.82, 2.24) is 10.2 Å². The molecule has 2 amide bonds. The van der Waals surface area contributed by atoms with Crippen LogP contribution in [0.1, 0.15) is 37.5 Å². The van der Waals surface area contributed by atoms with Crippen LogP contribution in [0, 0.1) is 6.92 Å². The topological polar surface area (TPSA) is 49.4 Å². The number of amides is 2. The lowest BCUT2D eigenvalue weighted by molar-refractivity contribution is -0.138. The SMILES string of the molecule is Cc1ccc(CSCC(=O)N(Cc2ccccc2Cl)[C@H](C)C(=O)NC(C)C)cc1. The van der Waals surface area contributed by atoms with Gasteiger partial charge in [0.05, 0.1) is 5.75 Å². The summed E-state index contributed by atoms with van der Waals surface area (Å²) < 4.78 is 0. The van der Waals surface area contributed by atoms with Gasteiger partial charge in [0.15, 0.2) is 0 Å². The van der Waals surface area contributed by atoms with Crippen molar-refractivity contribution in [3.05, 3.63) is 70.2 Å². The number of thioether (sulfide) groups is 1. The zero-order valence-electron chi connectivity index (χ0n) is 17.4. The number of rotatable bonds is 9. The summed E-state index contributed by atoms with van der Waals surface area (Å²) in [6, 6.07) is 15.1. The zero-order valence-corrected chi connectivity index (χ0v) is 19.0. The largest absolute Gasteiger partial charge is 0.352 e. The van der Waals surface area contributed by atoms with E-state index < -0.39 is 6.04 Å². The maximum Gasteiger partial charge on any atom is 0.242 e. The second-order valence-corrected chi connectivity index (χ2v) is 8.82. The average Bonchev–Trinajstić information content (AvgIpc) is 2.67. The van der Waals surface area contributed by atoms with Crippen LogP contribution in [0.2, 0.25) is 5.02 Å². The number of carbonyl (C=O) groups is 2. The van der Waals surface area contributed by atoms with Crippen molar-refractivity contribution >= 4 is 35.2 Å². The number of nitrogens with zero attached hydrogens (tertiary/aromatic N) is 1. The molecule has 2 rings (SSSR count). The molecule has 6 heteroatoms. The van der Waals surface area contributed by atoms with Gasteiger partial charge in [-0.15, -0.1) is 11.8 Å². The Bertz CT molecular complexity index is 824. The number of benzene rings is 2. The monoisotopic (exact) mass is 432 g/mol. The number of hydrogen-bond donors (Lipinski definition) is 1. The van der Waals surface area contributed by atoms with E-state index in [0.717, 1.165) is 11.3 Å². The third-order valence-electron chi connectivity index (χ3n) is 4.51. The van der Waals surface area contributed by atoms with Crippen molar-refractivity contribution < 1.29 is 9.59 Å². The summed E-state index contributed by atoms with van der Waals surface area (Å²) in [5.41, 5.74) is 3.22. The lowest BCUT2D eigenvalue weighted by Crippen LogP contribution is -2.49. The molecule has 0 bridgehead atoms. The molecule has 2 aromatic rings. The molecule has 0 aliphatic rings. The molecule has 0 aromatic heterocycles. The number of carbonyl (C=O) groups excluding carboxylic acids is 2. The molecule has 0 saturated carbocycles. The predicted molar refractivity (Wildman–Crippen MR) is 122 cm³/mol. The first-order valence-electron chi connectivity index (χ1n) is 9.74. The quantitative estimate of drug-likeness (QED) is 0.617. The van der Waals surface area contributed by atoms with Crippen LogP contribution >= 0.6 is 23.4 Å². The Morgan fingerprint density at radius 3 is 2.34 bits per heavy atom. The molecular formula is C23H29ClN2O2S. The first-order chi connectivity index (χ1) is 13.8. The van der Waals surface area contributed by atoms with E-state index in [1.807, 2.05) is 32.0 Å². The van der Waals surface area contributed by atoms with Gasteiger partial charge in [0.1, 0.15) is 6.04 Å². The standard InChI is InChI=1S/C23H29ClN2O2S/c1-16(2)25-23(28)18(4)26(13-20-7-5-6-8-21(20)24)22(27)15-29-14-19-11-9-17(3)10-12-19/h5-12,16,18H,13-15H2,1-4H3,(H,25,28)/t18-/m1/s1. The summed E-state index contributed by atoms with van der Waals surface area (Å²) in [6.07, 6.45) is 0. The number of aryl methyl sites for hydroxylation is 1. The molecule has 0 radical (unpaired) electrons. The molecule has 156 valence electrons. The fraction of sp³-hybridized carbons (Fsp3) is 0.391. The number of nitrogens with one attached hydrogen (secondary N) is 1. The summed E-state index contributed by atoms with van der Waals surface area (Å²) in [5, 5.41) is 3.48. The van der Waals surface area contributed by atoms with Gasteiger partial charge in [-0.05, 0) is 44.9 Å². The van der Waals surface area contributed by atoms with Crippen LogP contribution < -0.4 is 5.32 Å². The van der Waals surface area contributed by atoms with E-state index >= 15 is 0 Å². The maximum absolute atomic E-state index is 13.0. The Hall–Kier alpha value is -1.98. The second kappa shape index (κ2) is 11.3. The highest BCUT2D eigenvalue weighted by molar-refractivity contribution is 7.99. The molecule has 0 fully saturated rings. The van der Waals surface area contributed by atoms with E-state index in [0.29, 0.717) is 17.3 Å². The van der Waals surface area contributed by atoms with Gasteiger partial charge in [-0.2, -0.15) is 0 Å². The minimum Gasteiger partial charge on any atom is -0.352 e. The molecule has 4 nitrogen and oxygen atoms in total. The second-order valence-electron chi connectivity index (χ2n) is 7.43. The van der Waals surface area contributed by atoms with Crippen LogP contribution in [0.4, 0.5) is 0 Å². The third-order valence-corrected chi connectivity index (χ3v) is 5.87. The van der Waals surface area contributed by atoms with Crippen molar-refractivity contribution in [3.8, 4) is 0 Å². The molecule has 0 spiro atoms. The van der Waals surface area contributed by atoms with Crippen molar-refractivity contribution in [2.75, 3.05) is 5.75 Å². The highest BCUT2D eigenvalue weighted by Gasteiger charge is 2.26. The Balaban J connectivity index is 2.07. The highest BCUT2D eigenvalue weighted by Crippen LogP contribution is 2.20. The van der Waals surface area contributed by atoms with Crippen LogP contribution in [0.15, 0.2) is 48.5 Å². The molecule has 0 unspecified atom stereocenters.